The van der Waals surface area contributed by atoms with E-state index in [-0.39, 0.29) is 35.4 Å². The maximum absolute atomic E-state index is 12.3. The van der Waals surface area contributed by atoms with E-state index in [2.05, 4.69) is 63.6 Å². The number of aromatic hydroxyl groups is 1. The first-order valence-corrected chi connectivity index (χ1v) is 16.5. The Kier molecular flexibility index (Phi) is 9.97. The number of carbonyl (C=O) groups excluding carboxylic acids is 1. The summed E-state index contributed by atoms with van der Waals surface area (Å²) in [5, 5.41) is 26.5. The van der Waals surface area contributed by atoms with Gasteiger partial charge in [-0.15, -0.1) is 0 Å². The number of rotatable bonds is 13. The molecule has 1 aliphatic rings. The zero-order valence-electron chi connectivity index (χ0n) is 23.4. The average Bonchev–Trinajstić information content (AvgIpc) is 3.65. The van der Waals surface area contributed by atoms with Gasteiger partial charge in [0.1, 0.15) is 5.75 Å². The van der Waals surface area contributed by atoms with Crippen molar-refractivity contribution in [1.82, 2.24) is 10.6 Å². The van der Waals surface area contributed by atoms with Gasteiger partial charge >= 0.3 is 0 Å². The lowest BCUT2D eigenvalue weighted by Crippen LogP contribution is -2.44. The van der Waals surface area contributed by atoms with Crippen LogP contribution in [0.3, 0.4) is 0 Å². The number of carbonyl (C=O) groups is 1. The molecule has 204 valence electrons. The van der Waals surface area contributed by atoms with Gasteiger partial charge in [0.25, 0.3) is 0 Å². The van der Waals surface area contributed by atoms with E-state index in [1.165, 1.54) is 18.4 Å². The fourth-order valence-electron chi connectivity index (χ4n) is 4.12. The Labute approximate surface area is 224 Å². The van der Waals surface area contributed by atoms with E-state index in [1.54, 1.807) is 6.07 Å². The van der Waals surface area contributed by atoms with Crippen LogP contribution in [0.2, 0.25) is 18.1 Å². The number of hydrogen-bond acceptors (Lipinski definition) is 5. The third-order valence-corrected chi connectivity index (χ3v) is 12.2. The molecule has 1 fully saturated rings. The van der Waals surface area contributed by atoms with Gasteiger partial charge in [-0.2, -0.15) is 0 Å². The molecule has 37 heavy (non-hydrogen) atoms. The molecule has 1 aliphatic carbocycles. The van der Waals surface area contributed by atoms with Crippen molar-refractivity contribution in [2.75, 3.05) is 13.1 Å². The quantitative estimate of drug-likeness (QED) is 0.268. The van der Waals surface area contributed by atoms with E-state index >= 15 is 0 Å². The average molecular weight is 527 g/mol. The summed E-state index contributed by atoms with van der Waals surface area (Å²) in [5.41, 5.74) is 3.69. The third kappa shape index (κ3) is 8.95. The van der Waals surface area contributed by atoms with Gasteiger partial charge < -0.3 is 25.3 Å². The number of amides is 1. The molecule has 1 saturated carbocycles. The van der Waals surface area contributed by atoms with Crippen LogP contribution in [0.15, 0.2) is 42.5 Å². The fourth-order valence-corrected chi connectivity index (χ4v) is 5.41. The molecule has 6 nitrogen and oxygen atoms in total. The molecular formula is C30H46N2O4Si. The molecule has 3 rings (SSSR count). The van der Waals surface area contributed by atoms with Gasteiger partial charge in [-0.3, -0.25) is 4.79 Å². The van der Waals surface area contributed by atoms with E-state index in [1.807, 2.05) is 24.3 Å². The van der Waals surface area contributed by atoms with E-state index in [0.717, 1.165) is 24.1 Å². The minimum atomic E-state index is -2.07. The highest BCUT2D eigenvalue weighted by Gasteiger charge is 2.39. The predicted octanol–water partition coefficient (Wildman–Crippen LogP) is 5.24. The van der Waals surface area contributed by atoms with Crippen LogP contribution >= 0.6 is 0 Å². The second kappa shape index (κ2) is 12.6. The van der Waals surface area contributed by atoms with Crippen molar-refractivity contribution in [3.8, 4) is 5.75 Å². The number of aliphatic hydroxyl groups excluding tert-OH is 1. The third-order valence-electron chi connectivity index (χ3n) is 7.72. The first kappa shape index (κ1) is 29.4. The van der Waals surface area contributed by atoms with Crippen LogP contribution in [0.4, 0.5) is 0 Å². The van der Waals surface area contributed by atoms with Crippen molar-refractivity contribution < 1.29 is 19.4 Å². The maximum Gasteiger partial charge on any atom is 0.224 e. The number of nitrogens with one attached hydrogen (secondary N) is 2. The molecular weight excluding hydrogens is 480 g/mol. The number of aliphatic hydroxyl groups is 1. The van der Waals surface area contributed by atoms with Gasteiger partial charge in [-0.1, -0.05) is 51.1 Å². The van der Waals surface area contributed by atoms with E-state index in [4.69, 9.17) is 4.43 Å². The lowest BCUT2D eigenvalue weighted by molar-refractivity contribution is -0.120. The minimum Gasteiger partial charge on any atom is -0.508 e. The zero-order chi connectivity index (χ0) is 27.2. The standard InChI is InChI=1S/C30H46N2O4Si/c1-21(14-23-8-7-9-24(15-23)16-29(35)32-18-22-10-11-22)31-19-28(36-37(5,6)30(2,3)4)25-12-13-27(34)26(17-25)20-33/h7-9,12-13,15,17,21-22,28,31,33-34H,10-11,14,16,18-20H2,1-6H3,(H,32,35)/t21-,28-/m1/s1. The van der Waals surface area contributed by atoms with Gasteiger partial charge in [0.2, 0.25) is 5.91 Å². The molecule has 0 heterocycles. The van der Waals surface area contributed by atoms with Gasteiger partial charge in [-0.25, -0.2) is 0 Å². The number of hydrogen-bond donors (Lipinski definition) is 4. The smallest absolute Gasteiger partial charge is 0.224 e. The van der Waals surface area contributed by atoms with Crippen molar-refractivity contribution in [3.05, 3.63) is 64.7 Å². The number of benzene rings is 2. The van der Waals surface area contributed by atoms with Crippen molar-refractivity contribution in [1.29, 1.82) is 0 Å². The second-order valence-electron chi connectivity index (χ2n) is 12.2. The van der Waals surface area contributed by atoms with Gasteiger partial charge in [0, 0.05) is 24.7 Å². The van der Waals surface area contributed by atoms with Crippen molar-refractivity contribution in [3.63, 3.8) is 0 Å². The predicted molar refractivity (Wildman–Crippen MR) is 152 cm³/mol. The van der Waals surface area contributed by atoms with Crippen molar-refractivity contribution in [2.45, 2.75) is 90.3 Å². The Morgan fingerprint density at radius 1 is 1.14 bits per heavy atom. The Hall–Kier alpha value is -2.19. The summed E-state index contributed by atoms with van der Waals surface area (Å²) in [6, 6.07) is 13.9. The Morgan fingerprint density at radius 2 is 1.84 bits per heavy atom. The van der Waals surface area contributed by atoms with E-state index < -0.39 is 8.32 Å². The molecule has 0 radical (unpaired) electrons. The fraction of sp³-hybridized carbons (Fsp3) is 0.567. The zero-order valence-corrected chi connectivity index (χ0v) is 24.4. The van der Waals surface area contributed by atoms with Crippen LogP contribution in [-0.2, 0) is 28.7 Å². The summed E-state index contributed by atoms with van der Waals surface area (Å²) >= 11 is 0. The molecule has 0 saturated heterocycles. The normalized spacial score (nSPS) is 15.9. The van der Waals surface area contributed by atoms with Gasteiger partial charge in [0.05, 0.1) is 19.1 Å². The Bertz CT molecular complexity index is 1050. The molecule has 0 unspecified atom stereocenters. The molecule has 0 aliphatic heterocycles. The van der Waals surface area contributed by atoms with Gasteiger partial charge in [0.15, 0.2) is 8.32 Å². The Balaban J connectivity index is 1.64. The summed E-state index contributed by atoms with van der Waals surface area (Å²) < 4.78 is 6.80. The molecule has 0 aromatic heterocycles. The SMILES string of the molecule is C[C@H](Cc1cccc(CC(=O)NCC2CC2)c1)NC[C@@H](O[Si](C)(C)C(C)(C)C)c1ccc(O)c(CO)c1. The summed E-state index contributed by atoms with van der Waals surface area (Å²) in [5.74, 6) is 0.875. The summed E-state index contributed by atoms with van der Waals surface area (Å²) in [7, 11) is -2.07. The monoisotopic (exact) mass is 526 g/mol. The van der Waals surface area contributed by atoms with Crippen LogP contribution in [0, 0.1) is 5.92 Å². The first-order chi connectivity index (χ1) is 17.4. The lowest BCUT2D eigenvalue weighted by atomic mass is 10.0. The molecule has 0 bridgehead atoms. The molecule has 1 amide bonds. The van der Waals surface area contributed by atoms with Crippen LogP contribution < -0.4 is 10.6 Å². The van der Waals surface area contributed by atoms with Crippen LogP contribution in [0.1, 0.15) is 68.9 Å². The van der Waals surface area contributed by atoms with E-state index in [0.29, 0.717) is 24.4 Å². The van der Waals surface area contributed by atoms with Crippen LogP contribution in [-0.4, -0.2) is 43.6 Å². The molecule has 2 aromatic rings. The Morgan fingerprint density at radius 3 is 2.49 bits per heavy atom. The summed E-state index contributed by atoms with van der Waals surface area (Å²) in [6.45, 7) is 14.5. The highest BCUT2D eigenvalue weighted by Crippen LogP contribution is 2.40. The molecule has 7 heteroatoms. The largest absolute Gasteiger partial charge is 0.508 e. The van der Waals surface area contributed by atoms with E-state index in [9.17, 15) is 15.0 Å². The minimum absolute atomic E-state index is 0.0545. The van der Waals surface area contributed by atoms with Crippen LogP contribution in [0.25, 0.3) is 0 Å². The summed E-state index contributed by atoms with van der Waals surface area (Å²) in [6.07, 6.45) is 3.52. The van der Waals surface area contributed by atoms with Gasteiger partial charge in [-0.05, 0) is 79.1 Å². The molecule has 4 N–H and O–H groups in total. The topological polar surface area (TPSA) is 90.8 Å². The first-order valence-electron chi connectivity index (χ1n) is 13.6. The number of phenols is 1. The maximum atomic E-state index is 12.3. The molecule has 0 spiro atoms. The van der Waals surface area contributed by atoms with Crippen molar-refractivity contribution >= 4 is 14.2 Å². The molecule has 2 atom stereocenters. The highest BCUT2D eigenvalue weighted by molar-refractivity contribution is 6.74. The lowest BCUT2D eigenvalue weighted by Gasteiger charge is -2.40. The van der Waals surface area contributed by atoms with Crippen LogP contribution in [0.5, 0.6) is 5.75 Å². The summed E-state index contributed by atoms with van der Waals surface area (Å²) in [4.78, 5) is 12.3. The van der Waals surface area contributed by atoms with Crippen molar-refractivity contribution in [2.24, 2.45) is 5.92 Å². The second-order valence-corrected chi connectivity index (χ2v) is 16.9. The molecule has 2 aromatic carbocycles. The highest BCUT2D eigenvalue weighted by atomic mass is 28.4.